The van der Waals surface area contributed by atoms with Crippen molar-refractivity contribution in [2.24, 2.45) is 5.92 Å². The molecule has 0 aromatic heterocycles. The predicted molar refractivity (Wildman–Crippen MR) is 71.7 cm³/mol. The minimum absolute atomic E-state index is 0.00613. The Kier molecular flexibility index (Phi) is 3.99. The summed E-state index contributed by atoms with van der Waals surface area (Å²) in [6, 6.07) is 7.40. The third-order valence-electron chi connectivity index (χ3n) is 3.18. The SMILES string of the molecule is Nc1cccc(/C=C/C(=O)N2CCC(CO)C2)c1. The fourth-order valence-corrected chi connectivity index (χ4v) is 2.12. The minimum atomic E-state index is -0.00613. The number of aliphatic hydroxyl groups excluding tert-OH is 1. The zero-order chi connectivity index (χ0) is 13.0. The van der Waals surface area contributed by atoms with E-state index in [9.17, 15) is 4.79 Å². The molecule has 4 nitrogen and oxygen atoms in total. The van der Waals surface area contributed by atoms with Crippen LogP contribution in [0.25, 0.3) is 6.08 Å². The lowest BCUT2D eigenvalue weighted by molar-refractivity contribution is -0.125. The summed E-state index contributed by atoms with van der Waals surface area (Å²) in [6.07, 6.45) is 4.22. The second kappa shape index (κ2) is 5.69. The van der Waals surface area contributed by atoms with Gasteiger partial charge in [0.15, 0.2) is 0 Å². The van der Waals surface area contributed by atoms with Crippen LogP contribution in [0.3, 0.4) is 0 Å². The fraction of sp³-hybridized carbons (Fsp3) is 0.357. The Bertz CT molecular complexity index is 457. The first kappa shape index (κ1) is 12.6. The van der Waals surface area contributed by atoms with Crippen molar-refractivity contribution < 1.29 is 9.90 Å². The third kappa shape index (κ3) is 3.11. The van der Waals surface area contributed by atoms with E-state index < -0.39 is 0 Å². The van der Waals surface area contributed by atoms with Crippen LogP contribution in [0.2, 0.25) is 0 Å². The van der Waals surface area contributed by atoms with Gasteiger partial charge in [0.25, 0.3) is 0 Å². The molecule has 3 N–H and O–H groups in total. The Hall–Kier alpha value is -1.81. The summed E-state index contributed by atoms with van der Waals surface area (Å²) in [7, 11) is 0. The fourth-order valence-electron chi connectivity index (χ4n) is 2.12. The van der Waals surface area contributed by atoms with Crippen LogP contribution >= 0.6 is 0 Å². The quantitative estimate of drug-likeness (QED) is 0.620. The van der Waals surface area contributed by atoms with Crippen LogP contribution in [-0.2, 0) is 4.79 Å². The first-order valence-corrected chi connectivity index (χ1v) is 6.12. The number of carbonyl (C=O) groups excluding carboxylic acids is 1. The number of hydrogen-bond donors (Lipinski definition) is 2. The topological polar surface area (TPSA) is 66.6 Å². The summed E-state index contributed by atoms with van der Waals surface area (Å²) < 4.78 is 0. The minimum Gasteiger partial charge on any atom is -0.399 e. The zero-order valence-electron chi connectivity index (χ0n) is 10.2. The number of hydrogen-bond acceptors (Lipinski definition) is 3. The van der Waals surface area contributed by atoms with Crippen molar-refractivity contribution in [1.29, 1.82) is 0 Å². The van der Waals surface area contributed by atoms with Gasteiger partial charge in [-0.1, -0.05) is 12.1 Å². The van der Waals surface area contributed by atoms with Gasteiger partial charge in [-0.15, -0.1) is 0 Å². The molecule has 0 bridgehead atoms. The number of nitrogen functional groups attached to an aromatic ring is 1. The van der Waals surface area contributed by atoms with Gasteiger partial charge in [-0.3, -0.25) is 4.79 Å². The molecule has 1 aliphatic heterocycles. The highest BCUT2D eigenvalue weighted by Gasteiger charge is 2.23. The van der Waals surface area contributed by atoms with Gasteiger partial charge in [0.2, 0.25) is 5.91 Å². The van der Waals surface area contributed by atoms with Gasteiger partial charge >= 0.3 is 0 Å². The van der Waals surface area contributed by atoms with Gasteiger partial charge in [0, 0.05) is 37.4 Å². The number of benzene rings is 1. The summed E-state index contributed by atoms with van der Waals surface area (Å²) in [5, 5.41) is 9.03. The third-order valence-corrected chi connectivity index (χ3v) is 3.18. The highest BCUT2D eigenvalue weighted by Crippen LogP contribution is 2.16. The number of amides is 1. The zero-order valence-corrected chi connectivity index (χ0v) is 10.2. The molecule has 2 rings (SSSR count). The second-order valence-electron chi connectivity index (χ2n) is 4.62. The van der Waals surface area contributed by atoms with Crippen LogP contribution in [0.5, 0.6) is 0 Å². The molecular weight excluding hydrogens is 228 g/mol. The summed E-state index contributed by atoms with van der Waals surface area (Å²) in [4.78, 5) is 13.7. The summed E-state index contributed by atoms with van der Waals surface area (Å²) in [5.41, 5.74) is 7.27. The first-order valence-electron chi connectivity index (χ1n) is 6.12. The molecule has 0 saturated carbocycles. The van der Waals surface area contributed by atoms with E-state index in [1.165, 1.54) is 0 Å². The largest absolute Gasteiger partial charge is 0.399 e. The van der Waals surface area contributed by atoms with E-state index in [0.717, 1.165) is 18.5 Å². The molecule has 96 valence electrons. The highest BCUT2D eigenvalue weighted by molar-refractivity contribution is 5.92. The maximum atomic E-state index is 11.9. The van der Waals surface area contributed by atoms with Crippen LogP contribution in [0.15, 0.2) is 30.3 Å². The second-order valence-corrected chi connectivity index (χ2v) is 4.62. The van der Waals surface area contributed by atoms with Crippen molar-refractivity contribution in [3.05, 3.63) is 35.9 Å². The maximum Gasteiger partial charge on any atom is 0.246 e. The van der Waals surface area contributed by atoms with Gasteiger partial charge in [0.1, 0.15) is 0 Å². The lowest BCUT2D eigenvalue weighted by Gasteiger charge is -2.13. The summed E-state index contributed by atoms with van der Waals surface area (Å²) in [5.74, 6) is 0.225. The van der Waals surface area contributed by atoms with Crippen LogP contribution in [0.1, 0.15) is 12.0 Å². The van der Waals surface area contributed by atoms with Gasteiger partial charge in [0.05, 0.1) is 0 Å². The van der Waals surface area contributed by atoms with Gasteiger partial charge in [-0.2, -0.15) is 0 Å². The van der Waals surface area contributed by atoms with Crippen molar-refractivity contribution in [3.63, 3.8) is 0 Å². The van der Waals surface area contributed by atoms with Crippen molar-refractivity contribution in [2.45, 2.75) is 6.42 Å². The monoisotopic (exact) mass is 246 g/mol. The average molecular weight is 246 g/mol. The van der Waals surface area contributed by atoms with Gasteiger partial charge < -0.3 is 15.7 Å². The van der Waals surface area contributed by atoms with E-state index in [1.54, 1.807) is 17.1 Å². The summed E-state index contributed by atoms with van der Waals surface area (Å²) >= 11 is 0. The number of nitrogens with two attached hydrogens (primary N) is 1. The number of nitrogens with zero attached hydrogens (tertiary/aromatic N) is 1. The Morgan fingerprint density at radius 3 is 3.06 bits per heavy atom. The maximum absolute atomic E-state index is 11.9. The number of carbonyl (C=O) groups is 1. The van der Waals surface area contributed by atoms with Crippen LogP contribution < -0.4 is 5.73 Å². The molecule has 1 heterocycles. The van der Waals surface area contributed by atoms with Crippen molar-refractivity contribution in [3.8, 4) is 0 Å². The highest BCUT2D eigenvalue weighted by atomic mass is 16.3. The van der Waals surface area contributed by atoms with E-state index in [4.69, 9.17) is 10.8 Å². The molecule has 0 radical (unpaired) electrons. The molecule has 0 spiro atoms. The number of aliphatic hydroxyl groups is 1. The Labute approximate surface area is 107 Å². The summed E-state index contributed by atoms with van der Waals surface area (Å²) in [6.45, 7) is 1.53. The lowest BCUT2D eigenvalue weighted by atomic mass is 10.1. The van der Waals surface area contributed by atoms with Gasteiger partial charge in [-0.05, 0) is 30.2 Å². The molecule has 1 amide bonds. The molecule has 1 saturated heterocycles. The Morgan fingerprint density at radius 1 is 1.56 bits per heavy atom. The predicted octanol–water partition coefficient (Wildman–Crippen LogP) is 1.12. The van der Waals surface area contributed by atoms with E-state index in [-0.39, 0.29) is 18.4 Å². The Balaban J connectivity index is 1.95. The molecule has 0 aliphatic carbocycles. The van der Waals surface area contributed by atoms with Crippen LogP contribution in [0, 0.1) is 5.92 Å². The van der Waals surface area contributed by atoms with Crippen LogP contribution in [0.4, 0.5) is 5.69 Å². The number of rotatable bonds is 3. The van der Waals surface area contributed by atoms with Crippen molar-refractivity contribution in [1.82, 2.24) is 4.90 Å². The molecule has 1 atom stereocenters. The first-order chi connectivity index (χ1) is 8.69. The van der Waals surface area contributed by atoms with E-state index in [1.807, 2.05) is 24.3 Å². The number of likely N-dealkylation sites (tertiary alicyclic amines) is 1. The smallest absolute Gasteiger partial charge is 0.246 e. The molecule has 1 unspecified atom stereocenters. The van der Waals surface area contributed by atoms with Gasteiger partial charge in [-0.25, -0.2) is 0 Å². The molecule has 4 heteroatoms. The molecule has 1 aromatic rings. The van der Waals surface area contributed by atoms with Crippen molar-refractivity contribution >= 4 is 17.7 Å². The molecular formula is C14H18N2O2. The lowest BCUT2D eigenvalue weighted by Crippen LogP contribution is -2.27. The number of anilines is 1. The Morgan fingerprint density at radius 2 is 2.39 bits per heavy atom. The average Bonchev–Trinajstić information content (AvgIpc) is 2.85. The van der Waals surface area contributed by atoms with Crippen molar-refractivity contribution in [2.75, 3.05) is 25.4 Å². The van der Waals surface area contributed by atoms with E-state index >= 15 is 0 Å². The molecule has 1 aromatic carbocycles. The van der Waals surface area contributed by atoms with E-state index in [2.05, 4.69) is 0 Å². The van der Waals surface area contributed by atoms with Crippen LogP contribution in [-0.4, -0.2) is 35.6 Å². The normalized spacial score (nSPS) is 19.6. The van der Waals surface area contributed by atoms with E-state index in [0.29, 0.717) is 12.2 Å². The molecule has 1 fully saturated rings. The molecule has 1 aliphatic rings. The standard InChI is InChI=1S/C14H18N2O2/c15-13-3-1-2-11(8-13)4-5-14(18)16-7-6-12(9-16)10-17/h1-5,8,12,17H,6-7,9-10,15H2/b5-4+. The molecule has 18 heavy (non-hydrogen) atoms.